The van der Waals surface area contributed by atoms with E-state index in [4.69, 9.17) is 11.6 Å². The third-order valence-corrected chi connectivity index (χ3v) is 5.45. The van der Waals surface area contributed by atoms with E-state index in [0.717, 1.165) is 69.0 Å². The number of anilines is 1. The molecule has 0 unspecified atom stereocenters. The van der Waals surface area contributed by atoms with Gasteiger partial charge in [-0.2, -0.15) is 5.26 Å². The van der Waals surface area contributed by atoms with Crippen LogP contribution in [0.25, 0.3) is 0 Å². The van der Waals surface area contributed by atoms with Crippen LogP contribution in [-0.2, 0) is 4.79 Å². The maximum atomic E-state index is 12.4. The topological polar surface area (TPSA) is 59.4 Å². The fraction of sp³-hybridized carbons (Fsp3) is 0.579. The normalized spacial score (nSPS) is 20.7. The van der Waals surface area contributed by atoms with Crippen LogP contribution in [0.4, 0.5) is 5.69 Å². The van der Waals surface area contributed by atoms with E-state index in [2.05, 4.69) is 27.3 Å². The first-order chi connectivity index (χ1) is 12.1. The van der Waals surface area contributed by atoms with E-state index in [1.165, 1.54) is 0 Å². The number of halogens is 1. The predicted molar refractivity (Wildman–Crippen MR) is 99.7 cm³/mol. The molecule has 134 valence electrons. The van der Waals surface area contributed by atoms with Gasteiger partial charge in [0.25, 0.3) is 0 Å². The minimum atomic E-state index is -0.641. The largest absolute Gasteiger partial charge is 0.369 e. The monoisotopic (exact) mass is 360 g/mol. The zero-order valence-electron chi connectivity index (χ0n) is 14.5. The van der Waals surface area contributed by atoms with Crippen molar-refractivity contribution < 1.29 is 4.79 Å². The number of rotatable bonds is 4. The Morgan fingerprint density at radius 1 is 1.20 bits per heavy atom. The number of nitrogens with one attached hydrogen (secondary N) is 1. The SMILES string of the molecule is N#CC1(NC(=O)CN2CCN(c3cccc(Cl)c3)CC2)CCCCC1. The van der Waals surface area contributed by atoms with Gasteiger partial charge in [-0.25, -0.2) is 0 Å². The number of benzene rings is 1. The molecule has 1 aromatic rings. The highest BCUT2D eigenvalue weighted by Crippen LogP contribution is 2.27. The lowest BCUT2D eigenvalue weighted by Crippen LogP contribution is -2.54. The number of carbonyl (C=O) groups is 1. The van der Waals surface area contributed by atoms with Crippen LogP contribution in [0.5, 0.6) is 0 Å². The summed E-state index contributed by atoms with van der Waals surface area (Å²) in [5.74, 6) is -0.0281. The van der Waals surface area contributed by atoms with E-state index in [9.17, 15) is 10.1 Å². The molecule has 1 saturated heterocycles. The van der Waals surface area contributed by atoms with E-state index in [1.54, 1.807) is 0 Å². The van der Waals surface area contributed by atoms with Crippen molar-refractivity contribution in [3.63, 3.8) is 0 Å². The fourth-order valence-corrected chi connectivity index (χ4v) is 3.95. The quantitative estimate of drug-likeness (QED) is 0.897. The Labute approximate surface area is 154 Å². The molecular weight excluding hydrogens is 336 g/mol. The van der Waals surface area contributed by atoms with Gasteiger partial charge in [0, 0.05) is 36.9 Å². The molecule has 6 heteroatoms. The van der Waals surface area contributed by atoms with Crippen molar-refractivity contribution in [3.8, 4) is 6.07 Å². The lowest BCUT2D eigenvalue weighted by molar-refractivity contribution is -0.124. The summed E-state index contributed by atoms with van der Waals surface area (Å²) in [5, 5.41) is 13.2. The maximum Gasteiger partial charge on any atom is 0.235 e. The van der Waals surface area contributed by atoms with Gasteiger partial charge in [0.2, 0.25) is 5.91 Å². The molecule has 1 saturated carbocycles. The molecule has 25 heavy (non-hydrogen) atoms. The lowest BCUT2D eigenvalue weighted by atomic mass is 9.83. The van der Waals surface area contributed by atoms with Crippen molar-refractivity contribution in [2.45, 2.75) is 37.6 Å². The van der Waals surface area contributed by atoms with Crippen LogP contribution < -0.4 is 10.2 Å². The smallest absolute Gasteiger partial charge is 0.235 e. The van der Waals surface area contributed by atoms with E-state index in [1.807, 2.05) is 18.2 Å². The van der Waals surface area contributed by atoms with Gasteiger partial charge in [-0.15, -0.1) is 0 Å². The molecule has 0 spiro atoms. The Morgan fingerprint density at radius 3 is 2.56 bits per heavy atom. The fourth-order valence-electron chi connectivity index (χ4n) is 3.77. The van der Waals surface area contributed by atoms with E-state index < -0.39 is 5.54 Å². The highest BCUT2D eigenvalue weighted by molar-refractivity contribution is 6.30. The van der Waals surface area contributed by atoms with Crippen molar-refractivity contribution in [1.82, 2.24) is 10.2 Å². The van der Waals surface area contributed by atoms with Gasteiger partial charge < -0.3 is 10.2 Å². The lowest BCUT2D eigenvalue weighted by Gasteiger charge is -2.37. The number of nitrogens with zero attached hydrogens (tertiary/aromatic N) is 3. The summed E-state index contributed by atoms with van der Waals surface area (Å²) in [6.07, 6.45) is 4.75. The Hall–Kier alpha value is -1.77. The minimum Gasteiger partial charge on any atom is -0.369 e. The van der Waals surface area contributed by atoms with Crippen LogP contribution in [-0.4, -0.2) is 49.1 Å². The highest BCUT2D eigenvalue weighted by Gasteiger charge is 2.34. The molecule has 2 fully saturated rings. The standard InChI is InChI=1S/C19H25ClN4O/c20-16-5-4-6-17(13-16)24-11-9-23(10-12-24)14-18(25)22-19(15-21)7-2-1-3-8-19/h4-6,13H,1-3,7-12,14H2,(H,22,25). The first kappa shape index (κ1) is 18.0. The molecule has 1 N–H and O–H groups in total. The third kappa shape index (κ3) is 4.65. The molecule has 0 atom stereocenters. The second kappa shape index (κ2) is 8.07. The summed E-state index contributed by atoms with van der Waals surface area (Å²) in [4.78, 5) is 16.9. The Kier molecular flexibility index (Phi) is 5.82. The van der Waals surface area contributed by atoms with Gasteiger partial charge in [-0.05, 0) is 31.0 Å². The zero-order chi connectivity index (χ0) is 17.7. The molecule has 0 bridgehead atoms. The van der Waals surface area contributed by atoms with Crippen LogP contribution in [0.15, 0.2) is 24.3 Å². The Bertz CT molecular complexity index is 643. The Morgan fingerprint density at radius 2 is 1.92 bits per heavy atom. The van der Waals surface area contributed by atoms with Crippen molar-refractivity contribution in [2.24, 2.45) is 0 Å². The first-order valence-corrected chi connectivity index (χ1v) is 9.43. The summed E-state index contributed by atoms with van der Waals surface area (Å²) >= 11 is 6.06. The van der Waals surface area contributed by atoms with Crippen LogP contribution in [0.1, 0.15) is 32.1 Å². The van der Waals surface area contributed by atoms with Gasteiger partial charge in [0.15, 0.2) is 0 Å². The van der Waals surface area contributed by atoms with Gasteiger partial charge in [0.1, 0.15) is 5.54 Å². The second-order valence-corrected chi connectivity index (χ2v) is 7.48. The second-order valence-electron chi connectivity index (χ2n) is 7.05. The molecule has 1 aliphatic carbocycles. The number of piperazine rings is 1. The van der Waals surface area contributed by atoms with Crippen molar-refractivity contribution in [2.75, 3.05) is 37.6 Å². The van der Waals surface area contributed by atoms with Crippen LogP contribution in [0, 0.1) is 11.3 Å². The van der Waals surface area contributed by atoms with Crippen molar-refractivity contribution in [3.05, 3.63) is 29.3 Å². The number of nitriles is 1. The van der Waals surface area contributed by atoms with Crippen LogP contribution >= 0.6 is 11.6 Å². The van der Waals surface area contributed by atoms with Crippen LogP contribution in [0.3, 0.4) is 0 Å². The zero-order valence-corrected chi connectivity index (χ0v) is 15.3. The number of hydrogen-bond donors (Lipinski definition) is 1. The number of carbonyl (C=O) groups excluding carboxylic acids is 1. The molecule has 0 radical (unpaired) electrons. The summed E-state index contributed by atoms with van der Waals surface area (Å²) in [6, 6.07) is 10.2. The molecule has 0 aromatic heterocycles. The van der Waals surface area contributed by atoms with Gasteiger partial charge in [-0.3, -0.25) is 9.69 Å². The van der Waals surface area contributed by atoms with E-state index in [-0.39, 0.29) is 5.91 Å². The summed E-state index contributed by atoms with van der Waals surface area (Å²) < 4.78 is 0. The summed E-state index contributed by atoms with van der Waals surface area (Å²) in [7, 11) is 0. The Balaban J connectivity index is 1.48. The average Bonchev–Trinajstić information content (AvgIpc) is 2.63. The average molecular weight is 361 g/mol. The number of hydrogen-bond acceptors (Lipinski definition) is 4. The maximum absolute atomic E-state index is 12.4. The minimum absolute atomic E-state index is 0.0281. The predicted octanol–water partition coefficient (Wildman–Crippen LogP) is 2.80. The summed E-state index contributed by atoms with van der Waals surface area (Å²) in [5.41, 5.74) is 0.486. The molecular formula is C19H25ClN4O. The van der Waals surface area contributed by atoms with E-state index >= 15 is 0 Å². The molecule has 3 rings (SSSR count). The summed E-state index contributed by atoms with van der Waals surface area (Å²) in [6.45, 7) is 3.78. The molecule has 5 nitrogen and oxygen atoms in total. The molecule has 2 aliphatic rings. The van der Waals surface area contributed by atoms with Gasteiger partial charge in [0.05, 0.1) is 12.6 Å². The van der Waals surface area contributed by atoms with E-state index in [0.29, 0.717) is 6.54 Å². The number of amides is 1. The van der Waals surface area contributed by atoms with Crippen molar-refractivity contribution >= 4 is 23.2 Å². The van der Waals surface area contributed by atoms with Crippen molar-refractivity contribution in [1.29, 1.82) is 5.26 Å². The molecule has 1 aliphatic heterocycles. The highest BCUT2D eigenvalue weighted by atomic mass is 35.5. The molecule has 1 aromatic carbocycles. The first-order valence-electron chi connectivity index (χ1n) is 9.05. The molecule has 1 amide bonds. The third-order valence-electron chi connectivity index (χ3n) is 5.21. The molecule has 1 heterocycles. The van der Waals surface area contributed by atoms with Crippen LogP contribution in [0.2, 0.25) is 5.02 Å². The van der Waals surface area contributed by atoms with Gasteiger partial charge in [-0.1, -0.05) is 36.9 Å². The van der Waals surface area contributed by atoms with Gasteiger partial charge >= 0.3 is 0 Å².